The van der Waals surface area contributed by atoms with Crippen LogP contribution in [0.25, 0.3) is 10.9 Å². The summed E-state index contributed by atoms with van der Waals surface area (Å²) < 4.78 is 5.60. The second-order valence-electron chi connectivity index (χ2n) is 4.71. The van der Waals surface area contributed by atoms with Gasteiger partial charge in [-0.15, -0.1) is 0 Å². The average molecular weight is 278 g/mol. The zero-order valence-electron chi connectivity index (χ0n) is 10.6. The van der Waals surface area contributed by atoms with Gasteiger partial charge >= 0.3 is 0 Å². The Labute approximate surface area is 117 Å². The van der Waals surface area contributed by atoms with Gasteiger partial charge in [0, 0.05) is 18.5 Å². The molecule has 1 aliphatic rings. The molecule has 1 N–H and O–H groups in total. The van der Waals surface area contributed by atoms with Gasteiger partial charge in [0.05, 0.1) is 11.6 Å². The predicted octanol–water partition coefficient (Wildman–Crippen LogP) is 3.26. The number of nitrogens with one attached hydrogen (secondary N) is 1. The Hall–Kier alpha value is -1.39. The van der Waals surface area contributed by atoms with E-state index in [0.717, 1.165) is 42.7 Å². The van der Waals surface area contributed by atoms with Crippen LogP contribution in [0.1, 0.15) is 19.3 Å². The highest BCUT2D eigenvalue weighted by Crippen LogP contribution is 2.22. The molecule has 1 unspecified atom stereocenters. The zero-order chi connectivity index (χ0) is 13.1. The standard InChI is InChI=1S/C14H16ClN3O/c15-14-17-12-6-2-1-5-11(12)13(18-14)16-8-7-10-4-3-9-19-10/h1-2,5-6,10H,3-4,7-9H2,(H,16,17,18). The summed E-state index contributed by atoms with van der Waals surface area (Å²) in [5.41, 5.74) is 0.863. The number of fused-ring (bicyclic) bond motifs is 1. The number of ether oxygens (including phenoxy) is 1. The van der Waals surface area contributed by atoms with Crippen molar-refractivity contribution >= 4 is 28.3 Å². The molecule has 4 nitrogen and oxygen atoms in total. The van der Waals surface area contributed by atoms with E-state index in [9.17, 15) is 0 Å². The van der Waals surface area contributed by atoms with E-state index in [2.05, 4.69) is 15.3 Å². The lowest BCUT2D eigenvalue weighted by atomic mass is 10.2. The Bertz CT molecular complexity index is 570. The van der Waals surface area contributed by atoms with Gasteiger partial charge in [-0.25, -0.2) is 9.97 Å². The summed E-state index contributed by atoms with van der Waals surface area (Å²) in [6.07, 6.45) is 3.71. The van der Waals surface area contributed by atoms with Gasteiger partial charge in [0.2, 0.25) is 5.28 Å². The molecule has 0 aliphatic carbocycles. The molecule has 0 amide bonds. The number of rotatable bonds is 4. The molecule has 1 aromatic carbocycles. The Morgan fingerprint density at radius 1 is 1.32 bits per heavy atom. The number of hydrogen-bond acceptors (Lipinski definition) is 4. The third-order valence-corrected chi connectivity index (χ3v) is 3.53. The Balaban J connectivity index is 1.72. The van der Waals surface area contributed by atoms with Crippen LogP contribution in [0.2, 0.25) is 5.28 Å². The summed E-state index contributed by atoms with van der Waals surface area (Å²) in [6.45, 7) is 1.73. The molecule has 1 saturated heterocycles. The van der Waals surface area contributed by atoms with Crippen LogP contribution >= 0.6 is 11.6 Å². The topological polar surface area (TPSA) is 47.0 Å². The molecule has 3 rings (SSSR count). The number of para-hydroxylation sites is 1. The maximum absolute atomic E-state index is 5.94. The van der Waals surface area contributed by atoms with Crippen LogP contribution in [0.15, 0.2) is 24.3 Å². The SMILES string of the molecule is Clc1nc(NCCC2CCCO2)c2ccccc2n1. The largest absolute Gasteiger partial charge is 0.378 e. The summed E-state index contributed by atoms with van der Waals surface area (Å²) in [5.74, 6) is 0.800. The molecule has 19 heavy (non-hydrogen) atoms. The molecule has 0 bridgehead atoms. The Morgan fingerprint density at radius 3 is 3.05 bits per heavy atom. The van der Waals surface area contributed by atoms with Gasteiger partial charge < -0.3 is 10.1 Å². The van der Waals surface area contributed by atoms with Crippen LogP contribution < -0.4 is 5.32 Å². The highest BCUT2D eigenvalue weighted by Gasteiger charge is 2.15. The number of hydrogen-bond donors (Lipinski definition) is 1. The van der Waals surface area contributed by atoms with Crippen LogP contribution in [-0.4, -0.2) is 29.2 Å². The average Bonchev–Trinajstić information content (AvgIpc) is 2.91. The third kappa shape index (κ3) is 2.96. The monoisotopic (exact) mass is 277 g/mol. The Kier molecular flexibility index (Phi) is 3.80. The fourth-order valence-corrected chi connectivity index (χ4v) is 2.58. The van der Waals surface area contributed by atoms with Crippen LogP contribution in [0.4, 0.5) is 5.82 Å². The summed E-state index contributed by atoms with van der Waals surface area (Å²) in [5, 5.41) is 4.62. The van der Waals surface area contributed by atoms with Crippen molar-refractivity contribution in [2.75, 3.05) is 18.5 Å². The van der Waals surface area contributed by atoms with Crippen LogP contribution in [0.3, 0.4) is 0 Å². The first kappa shape index (κ1) is 12.6. The molecule has 1 aliphatic heterocycles. The van der Waals surface area contributed by atoms with Crippen molar-refractivity contribution in [3.8, 4) is 0 Å². The molecule has 2 heterocycles. The minimum Gasteiger partial charge on any atom is -0.378 e. The fraction of sp³-hybridized carbons (Fsp3) is 0.429. The summed E-state index contributed by atoms with van der Waals surface area (Å²) >= 11 is 5.94. The van der Waals surface area contributed by atoms with E-state index in [1.165, 1.54) is 6.42 Å². The van der Waals surface area contributed by atoms with Gasteiger partial charge in [-0.1, -0.05) is 12.1 Å². The van der Waals surface area contributed by atoms with E-state index < -0.39 is 0 Å². The molecule has 2 aromatic rings. The first-order valence-corrected chi connectivity index (χ1v) is 6.98. The van der Waals surface area contributed by atoms with Gasteiger partial charge in [-0.2, -0.15) is 0 Å². The molecule has 5 heteroatoms. The van der Waals surface area contributed by atoms with Crippen molar-refractivity contribution in [3.05, 3.63) is 29.5 Å². The molecule has 100 valence electrons. The second kappa shape index (κ2) is 5.72. The lowest BCUT2D eigenvalue weighted by Gasteiger charge is -2.12. The van der Waals surface area contributed by atoms with E-state index in [1.807, 2.05) is 24.3 Å². The summed E-state index contributed by atoms with van der Waals surface area (Å²) in [7, 11) is 0. The van der Waals surface area contributed by atoms with E-state index in [1.54, 1.807) is 0 Å². The maximum atomic E-state index is 5.94. The van der Waals surface area contributed by atoms with Gasteiger partial charge in [0.25, 0.3) is 0 Å². The van der Waals surface area contributed by atoms with Crippen LogP contribution in [-0.2, 0) is 4.74 Å². The quantitative estimate of drug-likeness (QED) is 0.872. The summed E-state index contributed by atoms with van der Waals surface area (Å²) in [6, 6.07) is 7.86. The van der Waals surface area contributed by atoms with Gasteiger partial charge in [0.15, 0.2) is 0 Å². The molecule has 0 radical (unpaired) electrons. The molecule has 1 aromatic heterocycles. The predicted molar refractivity (Wildman–Crippen MR) is 76.6 cm³/mol. The van der Waals surface area contributed by atoms with Crippen LogP contribution in [0.5, 0.6) is 0 Å². The number of benzene rings is 1. The van der Waals surface area contributed by atoms with Gasteiger partial charge in [0.1, 0.15) is 5.82 Å². The van der Waals surface area contributed by atoms with Crippen molar-refractivity contribution in [2.24, 2.45) is 0 Å². The van der Waals surface area contributed by atoms with E-state index in [4.69, 9.17) is 16.3 Å². The minimum atomic E-state index is 0.276. The molecule has 1 fully saturated rings. The van der Waals surface area contributed by atoms with Gasteiger partial charge in [-0.3, -0.25) is 0 Å². The molecular formula is C14H16ClN3O. The lowest BCUT2D eigenvalue weighted by molar-refractivity contribution is 0.107. The first-order chi connectivity index (χ1) is 9.33. The van der Waals surface area contributed by atoms with E-state index in [0.29, 0.717) is 6.10 Å². The highest BCUT2D eigenvalue weighted by atomic mass is 35.5. The Morgan fingerprint density at radius 2 is 2.21 bits per heavy atom. The normalized spacial score (nSPS) is 18.9. The second-order valence-corrected chi connectivity index (χ2v) is 5.05. The van der Waals surface area contributed by atoms with Crippen molar-refractivity contribution in [1.82, 2.24) is 9.97 Å². The number of anilines is 1. The maximum Gasteiger partial charge on any atom is 0.224 e. The fourth-order valence-electron chi connectivity index (χ4n) is 2.41. The molecule has 0 spiro atoms. The first-order valence-electron chi connectivity index (χ1n) is 6.61. The molecule has 1 atom stereocenters. The minimum absolute atomic E-state index is 0.276. The lowest BCUT2D eigenvalue weighted by Crippen LogP contribution is -2.13. The van der Waals surface area contributed by atoms with Crippen molar-refractivity contribution < 1.29 is 4.74 Å². The van der Waals surface area contributed by atoms with Crippen molar-refractivity contribution in [2.45, 2.75) is 25.4 Å². The van der Waals surface area contributed by atoms with E-state index >= 15 is 0 Å². The number of halogens is 1. The summed E-state index contributed by atoms with van der Waals surface area (Å²) in [4.78, 5) is 8.48. The van der Waals surface area contributed by atoms with E-state index in [-0.39, 0.29) is 5.28 Å². The number of aromatic nitrogens is 2. The van der Waals surface area contributed by atoms with Gasteiger partial charge in [-0.05, 0) is 43.0 Å². The smallest absolute Gasteiger partial charge is 0.224 e. The third-order valence-electron chi connectivity index (χ3n) is 3.36. The van der Waals surface area contributed by atoms with Crippen molar-refractivity contribution in [1.29, 1.82) is 0 Å². The molecular weight excluding hydrogens is 262 g/mol. The zero-order valence-corrected chi connectivity index (χ0v) is 11.4. The van der Waals surface area contributed by atoms with Crippen molar-refractivity contribution in [3.63, 3.8) is 0 Å². The van der Waals surface area contributed by atoms with Crippen LogP contribution in [0, 0.1) is 0 Å². The molecule has 0 saturated carbocycles. The number of nitrogens with zero attached hydrogens (tertiary/aromatic N) is 2. The highest BCUT2D eigenvalue weighted by molar-refractivity contribution is 6.28.